The van der Waals surface area contributed by atoms with E-state index in [9.17, 15) is 4.79 Å². The summed E-state index contributed by atoms with van der Waals surface area (Å²) < 4.78 is 0.814. The zero-order valence-corrected chi connectivity index (χ0v) is 8.81. The lowest BCUT2D eigenvalue weighted by Gasteiger charge is -1.95. The minimum Gasteiger partial charge on any atom is -0.354 e. The normalized spacial score (nSPS) is 15.8. The van der Waals surface area contributed by atoms with E-state index in [1.54, 1.807) is 7.05 Å². The number of nitrogens with zero attached hydrogens (tertiary/aromatic N) is 1. The van der Waals surface area contributed by atoms with Gasteiger partial charge in [0.25, 0.3) is 5.91 Å². The van der Waals surface area contributed by atoms with Crippen LogP contribution in [0.15, 0.2) is 4.47 Å². The van der Waals surface area contributed by atoms with E-state index in [1.807, 2.05) is 0 Å². The number of hydrogen-bond acceptors (Lipinski definition) is 2. The lowest BCUT2D eigenvalue weighted by molar-refractivity contribution is 0.0957. The van der Waals surface area contributed by atoms with Gasteiger partial charge in [-0.1, -0.05) is 0 Å². The Morgan fingerprint density at radius 2 is 2.38 bits per heavy atom. The highest BCUT2D eigenvalue weighted by Crippen LogP contribution is 2.42. The summed E-state index contributed by atoms with van der Waals surface area (Å²) in [4.78, 5) is 11.3. The van der Waals surface area contributed by atoms with Crippen LogP contribution in [-0.4, -0.2) is 23.2 Å². The average molecular weight is 244 g/mol. The van der Waals surface area contributed by atoms with Gasteiger partial charge in [-0.3, -0.25) is 9.89 Å². The summed E-state index contributed by atoms with van der Waals surface area (Å²) in [7, 11) is 1.60. The molecule has 0 spiro atoms. The predicted molar refractivity (Wildman–Crippen MR) is 51.7 cm³/mol. The van der Waals surface area contributed by atoms with Gasteiger partial charge in [-0.15, -0.1) is 0 Å². The third kappa shape index (κ3) is 1.48. The van der Waals surface area contributed by atoms with Crippen molar-refractivity contribution in [2.24, 2.45) is 0 Å². The van der Waals surface area contributed by atoms with Crippen molar-refractivity contribution < 1.29 is 4.79 Å². The second kappa shape index (κ2) is 3.14. The molecule has 4 nitrogen and oxygen atoms in total. The van der Waals surface area contributed by atoms with Crippen molar-refractivity contribution in [2.45, 2.75) is 18.8 Å². The van der Waals surface area contributed by atoms with E-state index in [4.69, 9.17) is 0 Å². The number of H-pyrrole nitrogens is 1. The van der Waals surface area contributed by atoms with E-state index in [0.717, 1.165) is 10.2 Å². The number of amides is 1. The van der Waals surface area contributed by atoms with Crippen LogP contribution in [0.2, 0.25) is 0 Å². The number of aromatic nitrogens is 2. The number of aromatic amines is 1. The Labute approximate surface area is 84.2 Å². The lowest BCUT2D eigenvalue weighted by Crippen LogP contribution is -2.18. The molecule has 2 N–H and O–H groups in total. The maximum absolute atomic E-state index is 11.3. The van der Waals surface area contributed by atoms with E-state index in [0.29, 0.717) is 11.6 Å². The molecule has 0 unspecified atom stereocenters. The molecule has 13 heavy (non-hydrogen) atoms. The van der Waals surface area contributed by atoms with Gasteiger partial charge >= 0.3 is 0 Å². The summed E-state index contributed by atoms with van der Waals surface area (Å²) in [5, 5.41) is 9.40. The summed E-state index contributed by atoms with van der Waals surface area (Å²) >= 11 is 3.38. The topological polar surface area (TPSA) is 57.8 Å². The molecular weight excluding hydrogens is 234 g/mol. The van der Waals surface area contributed by atoms with Crippen LogP contribution in [0.4, 0.5) is 0 Å². The fraction of sp³-hybridized carbons (Fsp3) is 0.500. The third-order valence-corrected chi connectivity index (χ3v) is 2.96. The quantitative estimate of drug-likeness (QED) is 0.826. The van der Waals surface area contributed by atoms with Crippen molar-refractivity contribution in [1.82, 2.24) is 15.5 Å². The first-order chi connectivity index (χ1) is 6.24. The molecule has 0 saturated heterocycles. The molecule has 1 aromatic rings. The zero-order valence-electron chi connectivity index (χ0n) is 7.22. The van der Waals surface area contributed by atoms with E-state index in [1.165, 1.54) is 12.8 Å². The van der Waals surface area contributed by atoms with Crippen molar-refractivity contribution in [3.8, 4) is 0 Å². The van der Waals surface area contributed by atoms with E-state index < -0.39 is 0 Å². The minimum atomic E-state index is -0.157. The zero-order chi connectivity index (χ0) is 9.42. The Hall–Kier alpha value is -0.840. The van der Waals surface area contributed by atoms with Crippen LogP contribution in [0, 0.1) is 0 Å². The number of carbonyl (C=O) groups is 1. The molecule has 1 aliphatic carbocycles. The summed E-state index contributed by atoms with van der Waals surface area (Å²) in [6, 6.07) is 0. The Morgan fingerprint density at radius 3 is 2.92 bits per heavy atom. The Bertz CT molecular complexity index is 343. The molecule has 1 aromatic heterocycles. The third-order valence-electron chi connectivity index (χ3n) is 2.16. The lowest BCUT2D eigenvalue weighted by atomic mass is 10.2. The maximum atomic E-state index is 11.3. The molecule has 0 aromatic carbocycles. The van der Waals surface area contributed by atoms with Crippen molar-refractivity contribution in [3.63, 3.8) is 0 Å². The highest BCUT2D eigenvalue weighted by Gasteiger charge is 2.30. The standard InChI is InChI=1S/C8H10BrN3O/c1-10-8(13)7-5(9)6(11-12-7)4-2-3-4/h4H,2-3H2,1H3,(H,10,13)(H,11,12). The average Bonchev–Trinajstić information content (AvgIpc) is 2.90. The Kier molecular flexibility index (Phi) is 2.11. The molecule has 0 atom stereocenters. The van der Waals surface area contributed by atoms with E-state index in [-0.39, 0.29) is 5.91 Å². The largest absolute Gasteiger partial charge is 0.354 e. The smallest absolute Gasteiger partial charge is 0.272 e. The number of carbonyl (C=O) groups excluding carboxylic acids is 1. The summed E-state index contributed by atoms with van der Waals surface area (Å²) in [6.45, 7) is 0. The van der Waals surface area contributed by atoms with Gasteiger partial charge in [0, 0.05) is 13.0 Å². The summed E-state index contributed by atoms with van der Waals surface area (Å²) in [5.74, 6) is 0.412. The van der Waals surface area contributed by atoms with E-state index in [2.05, 4.69) is 31.4 Å². The van der Waals surface area contributed by atoms with Crippen LogP contribution >= 0.6 is 15.9 Å². The fourth-order valence-corrected chi connectivity index (χ4v) is 1.93. The Morgan fingerprint density at radius 1 is 1.69 bits per heavy atom. The molecule has 70 valence electrons. The molecule has 1 saturated carbocycles. The highest BCUT2D eigenvalue weighted by molar-refractivity contribution is 9.10. The van der Waals surface area contributed by atoms with Gasteiger partial charge in [0.1, 0.15) is 0 Å². The van der Waals surface area contributed by atoms with Crippen LogP contribution in [0.1, 0.15) is 34.9 Å². The van der Waals surface area contributed by atoms with Gasteiger partial charge in [-0.25, -0.2) is 0 Å². The fourth-order valence-electron chi connectivity index (χ4n) is 1.25. The summed E-state index contributed by atoms with van der Waals surface area (Å²) in [5.41, 5.74) is 1.50. The molecule has 0 aliphatic heterocycles. The SMILES string of the molecule is CNC(=O)c1n[nH]c(C2CC2)c1Br. The first kappa shape index (κ1) is 8.74. The molecule has 1 heterocycles. The van der Waals surface area contributed by atoms with Crippen LogP contribution in [0.3, 0.4) is 0 Å². The van der Waals surface area contributed by atoms with Gasteiger partial charge in [0.05, 0.1) is 10.2 Å². The maximum Gasteiger partial charge on any atom is 0.272 e. The molecule has 0 bridgehead atoms. The van der Waals surface area contributed by atoms with Crippen molar-refractivity contribution in [3.05, 3.63) is 15.9 Å². The summed E-state index contributed by atoms with van der Waals surface area (Å²) in [6.07, 6.45) is 2.38. The van der Waals surface area contributed by atoms with Crippen LogP contribution < -0.4 is 5.32 Å². The van der Waals surface area contributed by atoms with E-state index >= 15 is 0 Å². The number of nitrogens with one attached hydrogen (secondary N) is 2. The van der Waals surface area contributed by atoms with Crippen molar-refractivity contribution in [1.29, 1.82) is 0 Å². The molecule has 2 rings (SSSR count). The minimum absolute atomic E-state index is 0.157. The second-order valence-electron chi connectivity index (χ2n) is 3.15. The van der Waals surface area contributed by atoms with Gasteiger partial charge in [0.2, 0.25) is 0 Å². The highest BCUT2D eigenvalue weighted by atomic mass is 79.9. The van der Waals surface area contributed by atoms with Crippen LogP contribution in [-0.2, 0) is 0 Å². The van der Waals surface area contributed by atoms with Crippen molar-refractivity contribution in [2.75, 3.05) is 7.05 Å². The number of halogens is 1. The molecule has 1 aliphatic rings. The predicted octanol–water partition coefficient (Wildman–Crippen LogP) is 1.41. The van der Waals surface area contributed by atoms with Gasteiger partial charge in [-0.05, 0) is 28.8 Å². The second-order valence-corrected chi connectivity index (χ2v) is 3.95. The van der Waals surface area contributed by atoms with Gasteiger partial charge < -0.3 is 5.32 Å². The van der Waals surface area contributed by atoms with Gasteiger partial charge in [-0.2, -0.15) is 5.10 Å². The van der Waals surface area contributed by atoms with Gasteiger partial charge in [0.15, 0.2) is 5.69 Å². The van der Waals surface area contributed by atoms with Crippen LogP contribution in [0.5, 0.6) is 0 Å². The number of hydrogen-bond donors (Lipinski definition) is 2. The molecular formula is C8H10BrN3O. The first-order valence-electron chi connectivity index (χ1n) is 4.20. The Balaban J connectivity index is 2.32. The van der Waals surface area contributed by atoms with Crippen LogP contribution in [0.25, 0.3) is 0 Å². The molecule has 0 radical (unpaired) electrons. The molecule has 1 fully saturated rings. The molecule has 1 amide bonds. The van der Waals surface area contributed by atoms with Crippen molar-refractivity contribution >= 4 is 21.8 Å². The monoisotopic (exact) mass is 243 g/mol. The molecule has 5 heteroatoms. The number of rotatable bonds is 2. The first-order valence-corrected chi connectivity index (χ1v) is 4.99.